The van der Waals surface area contributed by atoms with Crippen molar-refractivity contribution >= 4 is 69.7 Å². The van der Waals surface area contributed by atoms with E-state index in [4.69, 9.17) is 32.7 Å². The Labute approximate surface area is 244 Å². The van der Waals surface area contributed by atoms with E-state index >= 15 is 0 Å². The highest BCUT2D eigenvalue weighted by atomic mass is 35.5. The topological polar surface area (TPSA) is 115 Å². The van der Waals surface area contributed by atoms with E-state index in [2.05, 4.69) is 9.73 Å². The second-order valence-corrected chi connectivity index (χ2v) is 10.1. The van der Waals surface area contributed by atoms with Crippen LogP contribution in [-0.2, 0) is 20.9 Å². The van der Waals surface area contributed by atoms with Crippen molar-refractivity contribution in [1.82, 2.24) is 4.90 Å². The predicted octanol–water partition coefficient (Wildman–Crippen LogP) is 6.06. The first-order chi connectivity index (χ1) is 19.2. The molecule has 0 radical (unpaired) electrons. The Balaban J connectivity index is 1.65. The second kappa shape index (κ2) is 12.9. The van der Waals surface area contributed by atoms with Crippen molar-refractivity contribution in [2.75, 3.05) is 20.8 Å². The smallest absolute Gasteiger partial charge is 0.343 e. The zero-order chi connectivity index (χ0) is 28.8. The molecule has 0 bridgehead atoms. The maximum absolute atomic E-state index is 13.5. The number of nitrogens with zero attached hydrogens (tertiary/aromatic N) is 2. The summed E-state index contributed by atoms with van der Waals surface area (Å²) in [5, 5.41) is 9.93. The van der Waals surface area contributed by atoms with Crippen LogP contribution in [0.1, 0.15) is 21.5 Å². The highest BCUT2D eigenvalue weighted by molar-refractivity contribution is 8.18. The fourth-order valence-electron chi connectivity index (χ4n) is 3.58. The number of rotatable bonds is 9. The van der Waals surface area contributed by atoms with Crippen LogP contribution >= 0.6 is 35.0 Å². The van der Waals surface area contributed by atoms with E-state index in [0.29, 0.717) is 27.1 Å². The van der Waals surface area contributed by atoms with E-state index in [9.17, 15) is 19.5 Å². The normalized spacial score (nSPS) is 15.0. The van der Waals surface area contributed by atoms with Crippen LogP contribution in [-0.4, -0.2) is 53.8 Å². The Kier molecular flexibility index (Phi) is 9.36. The molecule has 1 amide bonds. The molecule has 12 heteroatoms. The summed E-state index contributed by atoms with van der Waals surface area (Å²) in [4.78, 5) is 42.7. The van der Waals surface area contributed by atoms with E-state index in [0.717, 1.165) is 5.56 Å². The number of carbonyl (C=O) groups excluding carboxylic acids is 2. The lowest BCUT2D eigenvalue weighted by atomic mass is 10.1. The van der Waals surface area contributed by atoms with Crippen LogP contribution in [0, 0.1) is 0 Å². The zero-order valence-corrected chi connectivity index (χ0v) is 23.5. The minimum Gasteiger partial charge on any atom is -0.497 e. The van der Waals surface area contributed by atoms with Crippen LogP contribution in [0.25, 0.3) is 6.08 Å². The molecule has 0 aliphatic carbocycles. The number of ether oxygens (including phenoxy) is 3. The van der Waals surface area contributed by atoms with Crippen LogP contribution in [0.2, 0.25) is 10.0 Å². The number of benzene rings is 3. The van der Waals surface area contributed by atoms with Gasteiger partial charge in [0.2, 0.25) is 0 Å². The van der Waals surface area contributed by atoms with Crippen LogP contribution in [0.4, 0.5) is 5.69 Å². The number of thioether (sulfide) groups is 1. The molecule has 1 aliphatic rings. The molecule has 4 rings (SSSR count). The van der Waals surface area contributed by atoms with E-state index in [-0.39, 0.29) is 40.4 Å². The third-order valence-electron chi connectivity index (χ3n) is 5.61. The Hall–Kier alpha value is -3.99. The summed E-state index contributed by atoms with van der Waals surface area (Å²) >= 11 is 13.9. The fourth-order valence-corrected chi connectivity index (χ4v) is 5.19. The number of methoxy groups -OCH3 is 2. The summed E-state index contributed by atoms with van der Waals surface area (Å²) in [5.41, 5.74) is 2.02. The highest BCUT2D eigenvalue weighted by Gasteiger charge is 2.33. The molecular formula is C28H22Cl2N2O7S. The van der Waals surface area contributed by atoms with Gasteiger partial charge in [-0.3, -0.25) is 9.69 Å². The molecule has 1 aliphatic heterocycles. The average Bonchev–Trinajstić information content (AvgIpc) is 3.21. The van der Waals surface area contributed by atoms with Crippen molar-refractivity contribution in [1.29, 1.82) is 0 Å². The number of aliphatic imine (C=N–C) groups is 1. The number of carbonyl (C=O) groups is 3. The van der Waals surface area contributed by atoms with Crippen molar-refractivity contribution in [3.8, 4) is 11.5 Å². The minimum absolute atomic E-state index is 0.120. The Morgan fingerprint density at radius 1 is 1.02 bits per heavy atom. The van der Waals surface area contributed by atoms with Gasteiger partial charge in [-0.2, -0.15) is 0 Å². The predicted molar refractivity (Wildman–Crippen MR) is 154 cm³/mol. The second-order valence-electron chi connectivity index (χ2n) is 8.27. The third-order valence-corrected chi connectivity index (χ3v) is 7.18. The maximum Gasteiger partial charge on any atom is 0.343 e. The van der Waals surface area contributed by atoms with Crippen LogP contribution < -0.4 is 9.47 Å². The van der Waals surface area contributed by atoms with Crippen molar-refractivity contribution in [2.45, 2.75) is 6.54 Å². The van der Waals surface area contributed by atoms with Gasteiger partial charge in [0.15, 0.2) is 17.5 Å². The van der Waals surface area contributed by atoms with E-state index in [1.807, 2.05) is 0 Å². The van der Waals surface area contributed by atoms with Crippen LogP contribution in [0.5, 0.6) is 11.5 Å². The number of amides is 1. The van der Waals surface area contributed by atoms with Crippen molar-refractivity contribution in [3.63, 3.8) is 0 Å². The largest absolute Gasteiger partial charge is 0.497 e. The van der Waals surface area contributed by atoms with Gasteiger partial charge in [0.1, 0.15) is 5.75 Å². The Morgan fingerprint density at radius 2 is 1.68 bits per heavy atom. The number of carboxylic acids is 1. The number of halogens is 2. The van der Waals surface area contributed by atoms with Crippen LogP contribution in [0.3, 0.4) is 0 Å². The van der Waals surface area contributed by atoms with E-state index in [1.54, 1.807) is 61.7 Å². The van der Waals surface area contributed by atoms with Gasteiger partial charge in [-0.15, -0.1) is 0 Å². The number of amidine groups is 1. The zero-order valence-electron chi connectivity index (χ0n) is 21.2. The van der Waals surface area contributed by atoms with Crippen molar-refractivity contribution in [3.05, 3.63) is 92.3 Å². The number of hydrogen-bond donors (Lipinski definition) is 1. The molecule has 0 atom stereocenters. The minimum atomic E-state index is -1.04. The number of esters is 1. The average molecular weight is 601 g/mol. The van der Waals surface area contributed by atoms with Gasteiger partial charge in [-0.1, -0.05) is 35.3 Å². The Bertz CT molecular complexity index is 1480. The molecule has 0 unspecified atom stereocenters. The van der Waals surface area contributed by atoms with Gasteiger partial charge in [-0.05, 0) is 77.5 Å². The molecule has 0 aromatic heterocycles. The summed E-state index contributed by atoms with van der Waals surface area (Å²) in [6, 6.07) is 16.5. The van der Waals surface area contributed by atoms with Gasteiger partial charge in [-0.25, -0.2) is 14.6 Å². The molecular weight excluding hydrogens is 579 g/mol. The molecule has 206 valence electrons. The maximum atomic E-state index is 13.5. The molecule has 0 spiro atoms. The van der Waals surface area contributed by atoms with E-state index < -0.39 is 11.9 Å². The van der Waals surface area contributed by atoms with Gasteiger partial charge < -0.3 is 19.3 Å². The van der Waals surface area contributed by atoms with E-state index in [1.165, 1.54) is 35.9 Å². The van der Waals surface area contributed by atoms with Crippen molar-refractivity contribution in [2.24, 2.45) is 4.99 Å². The summed E-state index contributed by atoms with van der Waals surface area (Å²) < 4.78 is 15.1. The first kappa shape index (κ1) is 29.0. The third kappa shape index (κ3) is 6.95. The number of aromatic carboxylic acids is 1. The van der Waals surface area contributed by atoms with Gasteiger partial charge in [0, 0.05) is 0 Å². The molecule has 3 aromatic rings. The molecule has 40 heavy (non-hydrogen) atoms. The summed E-state index contributed by atoms with van der Waals surface area (Å²) in [5.74, 6) is -1.15. The van der Waals surface area contributed by atoms with Crippen molar-refractivity contribution < 1.29 is 33.7 Å². The summed E-state index contributed by atoms with van der Waals surface area (Å²) in [6.07, 6.45) is 1.63. The summed E-state index contributed by atoms with van der Waals surface area (Å²) in [7, 11) is 2.80. The standard InChI is InChI=1S/C28H22Cl2N2O7S/c1-37-20-9-7-19(8-10-20)31-28-32(14-16-3-5-18(6-4-16)27(35)36)26(34)23(40-28)13-17-11-21(29)25(22(30)12-17)39-15-24(33)38-2/h3-13H,14-15H2,1-2H3,(H,35,36)/b23-13-,31-28?. The molecule has 1 N–H and O–H groups in total. The monoisotopic (exact) mass is 600 g/mol. The molecule has 1 saturated heterocycles. The highest BCUT2D eigenvalue weighted by Crippen LogP contribution is 2.38. The molecule has 1 heterocycles. The first-order valence-corrected chi connectivity index (χ1v) is 13.2. The van der Waals surface area contributed by atoms with Gasteiger partial charge in [0.05, 0.1) is 47.0 Å². The number of hydrogen-bond acceptors (Lipinski definition) is 8. The molecule has 0 saturated carbocycles. The SMILES string of the molecule is COC(=O)COc1c(Cl)cc(/C=C2\SC(=Nc3ccc(OC)cc3)N(Cc3ccc(C(=O)O)cc3)C2=O)cc1Cl. The number of carboxylic acid groups (broad SMARTS) is 1. The molecule has 9 nitrogen and oxygen atoms in total. The van der Waals surface area contributed by atoms with Gasteiger partial charge in [0.25, 0.3) is 5.91 Å². The lowest BCUT2D eigenvalue weighted by Crippen LogP contribution is -2.28. The van der Waals surface area contributed by atoms with Gasteiger partial charge >= 0.3 is 11.9 Å². The quantitative estimate of drug-likeness (QED) is 0.233. The lowest BCUT2D eigenvalue weighted by molar-refractivity contribution is -0.142. The first-order valence-electron chi connectivity index (χ1n) is 11.6. The van der Waals surface area contributed by atoms with Crippen LogP contribution in [0.15, 0.2) is 70.6 Å². The molecule has 1 fully saturated rings. The lowest BCUT2D eigenvalue weighted by Gasteiger charge is -2.16. The Morgan fingerprint density at radius 3 is 2.25 bits per heavy atom. The molecule has 3 aromatic carbocycles. The summed E-state index contributed by atoms with van der Waals surface area (Å²) in [6.45, 7) is -0.196. The fraction of sp³-hybridized carbons (Fsp3) is 0.143.